The van der Waals surface area contributed by atoms with Crippen LogP contribution in [-0.2, 0) is 11.0 Å². The fourth-order valence-corrected chi connectivity index (χ4v) is 2.98. The summed E-state index contributed by atoms with van der Waals surface area (Å²) in [6.45, 7) is 5.55. The van der Waals surface area contributed by atoms with Gasteiger partial charge in [0.15, 0.2) is 0 Å². The van der Waals surface area contributed by atoms with Gasteiger partial charge in [-0.3, -0.25) is 0 Å². The molecule has 1 unspecified atom stereocenters. The molecule has 0 bridgehead atoms. The number of nitrogens with one attached hydrogen (secondary N) is 1. The standard InChI is InChI=1S/C8H14N2OS2/c1-6-4-5-7(12-6)13(11)10-8(2,3)9/h4-5,10H,9H2,1-3H3. The third kappa shape index (κ3) is 3.56. The van der Waals surface area contributed by atoms with Crippen LogP contribution in [0.5, 0.6) is 0 Å². The Morgan fingerprint density at radius 3 is 2.54 bits per heavy atom. The Balaban J connectivity index is 2.70. The van der Waals surface area contributed by atoms with E-state index in [1.807, 2.05) is 19.1 Å². The summed E-state index contributed by atoms with van der Waals surface area (Å²) in [4.78, 5) is 1.15. The first-order chi connectivity index (χ1) is 5.88. The van der Waals surface area contributed by atoms with Crippen molar-refractivity contribution >= 4 is 22.3 Å². The van der Waals surface area contributed by atoms with Gasteiger partial charge in [0.25, 0.3) is 0 Å². The molecule has 5 heteroatoms. The molecule has 0 aliphatic heterocycles. The zero-order valence-corrected chi connectivity index (χ0v) is 9.59. The molecule has 0 saturated carbocycles. The lowest BCUT2D eigenvalue weighted by Crippen LogP contribution is -2.48. The van der Waals surface area contributed by atoms with Gasteiger partial charge in [0.05, 0.1) is 5.66 Å². The molecule has 0 fully saturated rings. The highest BCUT2D eigenvalue weighted by atomic mass is 32.2. The van der Waals surface area contributed by atoms with E-state index in [1.54, 1.807) is 13.8 Å². The first-order valence-corrected chi connectivity index (χ1v) is 5.90. The molecule has 0 aliphatic rings. The molecule has 0 amide bonds. The van der Waals surface area contributed by atoms with Crippen molar-refractivity contribution in [2.45, 2.75) is 30.6 Å². The maximum atomic E-state index is 11.6. The molecule has 0 aliphatic carbocycles. The van der Waals surface area contributed by atoms with Gasteiger partial charge in [-0.2, -0.15) is 0 Å². The molecule has 0 radical (unpaired) electrons. The predicted octanol–water partition coefficient (Wildman–Crippen LogP) is 1.36. The molecule has 1 aromatic rings. The molecular weight excluding hydrogens is 204 g/mol. The van der Waals surface area contributed by atoms with Gasteiger partial charge in [0, 0.05) is 4.88 Å². The summed E-state index contributed by atoms with van der Waals surface area (Å²) >= 11 is 1.52. The Bertz CT molecular complexity index is 314. The zero-order chi connectivity index (χ0) is 10.1. The Morgan fingerprint density at radius 1 is 1.54 bits per heavy atom. The maximum Gasteiger partial charge on any atom is 0.136 e. The van der Waals surface area contributed by atoms with Crippen molar-refractivity contribution in [1.29, 1.82) is 0 Å². The van der Waals surface area contributed by atoms with Gasteiger partial charge in [-0.15, -0.1) is 11.3 Å². The Kier molecular flexibility index (Phi) is 3.23. The highest BCUT2D eigenvalue weighted by Crippen LogP contribution is 2.18. The zero-order valence-electron chi connectivity index (χ0n) is 7.96. The number of rotatable bonds is 3. The lowest BCUT2D eigenvalue weighted by Gasteiger charge is -2.18. The molecular formula is C8H14N2OS2. The van der Waals surface area contributed by atoms with E-state index in [-0.39, 0.29) is 0 Å². The van der Waals surface area contributed by atoms with E-state index < -0.39 is 16.6 Å². The van der Waals surface area contributed by atoms with E-state index in [4.69, 9.17) is 5.73 Å². The van der Waals surface area contributed by atoms with Crippen molar-refractivity contribution in [3.8, 4) is 0 Å². The van der Waals surface area contributed by atoms with Crippen molar-refractivity contribution in [1.82, 2.24) is 4.72 Å². The molecule has 0 aromatic carbocycles. The summed E-state index contributed by atoms with van der Waals surface area (Å²) in [7, 11) is -1.19. The minimum absolute atomic E-state index is 0.608. The summed E-state index contributed by atoms with van der Waals surface area (Å²) in [5, 5.41) is 0. The van der Waals surface area contributed by atoms with Crippen molar-refractivity contribution in [3.05, 3.63) is 17.0 Å². The van der Waals surface area contributed by atoms with Crippen LogP contribution in [0, 0.1) is 6.92 Å². The van der Waals surface area contributed by atoms with Crippen molar-refractivity contribution in [2.75, 3.05) is 0 Å². The van der Waals surface area contributed by atoms with Crippen molar-refractivity contribution < 1.29 is 4.21 Å². The Morgan fingerprint density at radius 2 is 2.15 bits per heavy atom. The fourth-order valence-electron chi connectivity index (χ4n) is 0.801. The van der Waals surface area contributed by atoms with Gasteiger partial charge < -0.3 is 5.73 Å². The smallest absolute Gasteiger partial charge is 0.136 e. The molecule has 0 spiro atoms. The second-order valence-electron chi connectivity index (χ2n) is 3.46. The van der Waals surface area contributed by atoms with Crippen LogP contribution in [0.15, 0.2) is 16.3 Å². The molecule has 1 heterocycles. The van der Waals surface area contributed by atoms with Crippen LogP contribution in [0.1, 0.15) is 18.7 Å². The van der Waals surface area contributed by atoms with Gasteiger partial charge in [0.1, 0.15) is 15.2 Å². The van der Waals surface area contributed by atoms with Crippen LogP contribution in [0.4, 0.5) is 0 Å². The highest BCUT2D eigenvalue weighted by molar-refractivity contribution is 7.85. The average molecular weight is 218 g/mol. The molecule has 3 nitrogen and oxygen atoms in total. The summed E-state index contributed by atoms with van der Waals surface area (Å²) < 4.78 is 15.2. The van der Waals surface area contributed by atoms with Crippen LogP contribution in [0.2, 0.25) is 0 Å². The molecule has 13 heavy (non-hydrogen) atoms. The average Bonchev–Trinajstić information content (AvgIpc) is 2.31. The molecule has 3 N–H and O–H groups in total. The van der Waals surface area contributed by atoms with Gasteiger partial charge >= 0.3 is 0 Å². The third-order valence-electron chi connectivity index (χ3n) is 1.25. The SMILES string of the molecule is Cc1ccc(S(=O)NC(C)(C)N)s1. The maximum absolute atomic E-state index is 11.6. The first kappa shape index (κ1) is 10.8. The van der Waals surface area contributed by atoms with E-state index in [1.165, 1.54) is 11.3 Å². The van der Waals surface area contributed by atoms with Crippen molar-refractivity contribution in [2.24, 2.45) is 5.73 Å². The van der Waals surface area contributed by atoms with Crippen LogP contribution in [0.3, 0.4) is 0 Å². The number of hydrogen-bond acceptors (Lipinski definition) is 3. The quantitative estimate of drug-likeness (QED) is 0.753. The van der Waals surface area contributed by atoms with Crippen LogP contribution < -0.4 is 10.5 Å². The van der Waals surface area contributed by atoms with E-state index >= 15 is 0 Å². The summed E-state index contributed by atoms with van der Waals surface area (Å²) in [6, 6.07) is 3.80. The van der Waals surface area contributed by atoms with E-state index in [9.17, 15) is 4.21 Å². The number of thiophene rings is 1. The van der Waals surface area contributed by atoms with Gasteiger partial charge in [-0.25, -0.2) is 8.93 Å². The number of aryl methyl sites for hydroxylation is 1. The van der Waals surface area contributed by atoms with Crippen LogP contribution in [0.25, 0.3) is 0 Å². The Hall–Kier alpha value is -0.230. The monoisotopic (exact) mass is 218 g/mol. The summed E-state index contributed by atoms with van der Waals surface area (Å²) in [5.41, 5.74) is 5.07. The highest BCUT2D eigenvalue weighted by Gasteiger charge is 2.15. The van der Waals surface area contributed by atoms with Crippen LogP contribution >= 0.6 is 11.3 Å². The van der Waals surface area contributed by atoms with E-state index in [0.717, 1.165) is 9.09 Å². The molecule has 0 saturated heterocycles. The predicted molar refractivity (Wildman–Crippen MR) is 56.9 cm³/mol. The number of nitrogens with two attached hydrogens (primary N) is 1. The molecule has 1 rings (SSSR count). The molecule has 74 valence electrons. The Labute approximate surface area is 84.9 Å². The van der Waals surface area contributed by atoms with Crippen LogP contribution in [-0.4, -0.2) is 9.87 Å². The first-order valence-electron chi connectivity index (χ1n) is 3.93. The van der Waals surface area contributed by atoms with E-state index in [0.29, 0.717) is 0 Å². The lowest BCUT2D eigenvalue weighted by atomic mass is 10.3. The van der Waals surface area contributed by atoms with E-state index in [2.05, 4.69) is 4.72 Å². The fraction of sp³-hybridized carbons (Fsp3) is 0.500. The second kappa shape index (κ2) is 3.88. The minimum atomic E-state index is -1.19. The molecule has 1 atom stereocenters. The lowest BCUT2D eigenvalue weighted by molar-refractivity contribution is 0.492. The minimum Gasteiger partial charge on any atom is -0.313 e. The summed E-state index contributed by atoms with van der Waals surface area (Å²) in [6.07, 6.45) is 0. The third-order valence-corrected chi connectivity index (χ3v) is 3.97. The van der Waals surface area contributed by atoms with Crippen molar-refractivity contribution in [3.63, 3.8) is 0 Å². The van der Waals surface area contributed by atoms with Gasteiger partial charge in [-0.1, -0.05) is 0 Å². The second-order valence-corrected chi connectivity index (χ2v) is 6.19. The van der Waals surface area contributed by atoms with Gasteiger partial charge in [-0.05, 0) is 32.9 Å². The normalized spacial score (nSPS) is 14.5. The topological polar surface area (TPSA) is 55.1 Å². The van der Waals surface area contributed by atoms with Gasteiger partial charge in [0.2, 0.25) is 0 Å². The number of hydrogen-bond donors (Lipinski definition) is 2. The largest absolute Gasteiger partial charge is 0.313 e. The summed E-state index contributed by atoms with van der Waals surface area (Å²) in [5.74, 6) is 0. The molecule has 1 aromatic heterocycles.